The summed E-state index contributed by atoms with van der Waals surface area (Å²) in [5.74, 6) is 1.68. The number of nitrogens with one attached hydrogen (secondary N) is 3. The summed E-state index contributed by atoms with van der Waals surface area (Å²) < 4.78 is 5.64. The van der Waals surface area contributed by atoms with E-state index in [4.69, 9.17) is 16.3 Å². The van der Waals surface area contributed by atoms with Crippen LogP contribution in [0.2, 0.25) is 5.02 Å². The van der Waals surface area contributed by atoms with Crippen LogP contribution in [0.5, 0.6) is 0 Å². The number of hydrogen-bond acceptors (Lipinski definition) is 5. The van der Waals surface area contributed by atoms with Gasteiger partial charge in [0.1, 0.15) is 5.82 Å². The number of nitrogens with zero attached hydrogens (tertiary/aromatic N) is 1. The van der Waals surface area contributed by atoms with E-state index in [2.05, 4.69) is 58.2 Å². The van der Waals surface area contributed by atoms with Crippen LogP contribution in [0.15, 0.2) is 42.6 Å². The van der Waals surface area contributed by atoms with Crippen molar-refractivity contribution in [1.29, 1.82) is 0 Å². The molecule has 0 spiro atoms. The second-order valence-corrected chi connectivity index (χ2v) is 10.7. The molecule has 3 heterocycles. The molecule has 2 aliphatic heterocycles. The van der Waals surface area contributed by atoms with Gasteiger partial charge in [0, 0.05) is 43.2 Å². The second-order valence-electron chi connectivity index (χ2n) is 10.3. The zero-order valence-corrected chi connectivity index (χ0v) is 21.8. The van der Waals surface area contributed by atoms with Crippen LogP contribution in [0.4, 0.5) is 11.5 Å². The summed E-state index contributed by atoms with van der Waals surface area (Å²) in [7, 11) is 0. The van der Waals surface area contributed by atoms with E-state index in [0.717, 1.165) is 68.7 Å². The number of benzene rings is 1. The Balaban J connectivity index is 1.27. The van der Waals surface area contributed by atoms with E-state index in [0.29, 0.717) is 35.3 Å². The summed E-state index contributed by atoms with van der Waals surface area (Å²) in [6, 6.07) is 8.70. The largest absolute Gasteiger partial charge is 0.384 e. The lowest BCUT2D eigenvalue weighted by atomic mass is 9.81. The van der Waals surface area contributed by atoms with Gasteiger partial charge < -0.3 is 20.7 Å². The molecule has 4 atom stereocenters. The molecule has 192 valence electrons. The highest BCUT2D eigenvalue weighted by atomic mass is 35.5. The maximum absolute atomic E-state index is 13.0. The number of allylic oxidation sites excluding steroid dienone is 1. The predicted octanol–water partition coefficient (Wildman–Crippen LogP) is 5.69. The molecule has 3 aliphatic rings. The molecule has 1 aliphatic carbocycles. The number of amides is 1. The lowest BCUT2D eigenvalue weighted by Crippen LogP contribution is -2.47. The van der Waals surface area contributed by atoms with Crippen molar-refractivity contribution >= 4 is 29.0 Å². The number of piperidine rings is 1. The summed E-state index contributed by atoms with van der Waals surface area (Å²) in [4.78, 5) is 17.4. The number of ether oxygens (including phenoxy) is 1. The molecule has 1 amide bonds. The molecule has 4 unspecified atom stereocenters. The van der Waals surface area contributed by atoms with Gasteiger partial charge in [-0.2, -0.15) is 0 Å². The number of aromatic nitrogens is 1. The molecule has 5 rings (SSSR count). The summed E-state index contributed by atoms with van der Waals surface area (Å²) in [5, 5.41) is 10.9. The maximum atomic E-state index is 13.0. The minimum atomic E-state index is -0.0475. The smallest absolute Gasteiger partial charge is 0.229 e. The maximum Gasteiger partial charge on any atom is 0.229 e. The fraction of sp³-hybridized carbons (Fsp3) is 0.517. The number of pyridine rings is 1. The lowest BCUT2D eigenvalue weighted by molar-refractivity contribution is -0.120. The number of halogens is 1. The third-order valence-electron chi connectivity index (χ3n) is 7.89. The van der Waals surface area contributed by atoms with Crippen molar-refractivity contribution < 1.29 is 9.53 Å². The molecule has 1 aromatic heterocycles. The van der Waals surface area contributed by atoms with Gasteiger partial charge in [0.15, 0.2) is 0 Å². The molecule has 6 nitrogen and oxygen atoms in total. The third kappa shape index (κ3) is 5.77. The van der Waals surface area contributed by atoms with Crippen molar-refractivity contribution in [2.75, 3.05) is 36.9 Å². The van der Waals surface area contributed by atoms with Crippen LogP contribution >= 0.6 is 11.6 Å². The predicted molar refractivity (Wildman–Crippen MR) is 146 cm³/mol. The number of rotatable bonds is 8. The molecule has 2 fully saturated rings. The first kappa shape index (κ1) is 25.2. The van der Waals surface area contributed by atoms with Gasteiger partial charge in [0.05, 0.1) is 17.5 Å². The van der Waals surface area contributed by atoms with E-state index < -0.39 is 0 Å². The molecule has 0 radical (unpaired) electrons. The minimum absolute atomic E-state index is 0.0201. The highest BCUT2D eigenvalue weighted by Crippen LogP contribution is 2.36. The fourth-order valence-electron chi connectivity index (χ4n) is 5.61. The van der Waals surface area contributed by atoms with Gasteiger partial charge in [-0.25, -0.2) is 4.98 Å². The third-order valence-corrected chi connectivity index (χ3v) is 8.20. The number of carbonyl (C=O) groups is 1. The van der Waals surface area contributed by atoms with Gasteiger partial charge in [-0.3, -0.25) is 4.79 Å². The molecule has 2 aromatic rings. The average molecular weight is 509 g/mol. The number of anilines is 2. The quantitative estimate of drug-likeness (QED) is 0.400. The fourth-order valence-corrected chi connectivity index (χ4v) is 5.81. The van der Waals surface area contributed by atoms with E-state index in [1.165, 1.54) is 12.0 Å². The Labute approximate surface area is 219 Å². The van der Waals surface area contributed by atoms with Crippen molar-refractivity contribution in [3.8, 4) is 11.1 Å². The van der Waals surface area contributed by atoms with Gasteiger partial charge in [0.25, 0.3) is 0 Å². The average Bonchev–Trinajstić information content (AvgIpc) is 2.88. The normalized spacial score (nSPS) is 25.7. The SMILES string of the molecule is CCc1c(NCC2CCCOC2)cccc1-c1cc(NC(=O)C2CCC(C3C=CC3)NC2)ncc1Cl. The Kier molecular flexibility index (Phi) is 8.25. The van der Waals surface area contributed by atoms with Crippen molar-refractivity contribution in [3.63, 3.8) is 0 Å². The zero-order chi connectivity index (χ0) is 24.9. The van der Waals surface area contributed by atoms with Gasteiger partial charge in [0.2, 0.25) is 5.91 Å². The zero-order valence-electron chi connectivity index (χ0n) is 21.1. The van der Waals surface area contributed by atoms with E-state index in [9.17, 15) is 4.79 Å². The second kappa shape index (κ2) is 11.8. The molecule has 3 N–H and O–H groups in total. The highest BCUT2D eigenvalue weighted by molar-refractivity contribution is 6.33. The summed E-state index contributed by atoms with van der Waals surface area (Å²) in [5.41, 5.74) is 4.30. The summed E-state index contributed by atoms with van der Waals surface area (Å²) in [6.45, 7) is 5.47. The Morgan fingerprint density at radius 2 is 2.14 bits per heavy atom. The van der Waals surface area contributed by atoms with E-state index in [1.54, 1.807) is 6.20 Å². The molecule has 7 heteroatoms. The van der Waals surface area contributed by atoms with E-state index >= 15 is 0 Å². The molecular weight excluding hydrogens is 472 g/mol. The monoisotopic (exact) mass is 508 g/mol. The van der Waals surface area contributed by atoms with Crippen LogP contribution in [0.1, 0.15) is 44.6 Å². The summed E-state index contributed by atoms with van der Waals surface area (Å²) in [6.07, 6.45) is 12.4. The van der Waals surface area contributed by atoms with Crippen LogP contribution in [0.25, 0.3) is 11.1 Å². The lowest BCUT2D eigenvalue weighted by Gasteiger charge is -2.35. The van der Waals surface area contributed by atoms with Gasteiger partial charge in [-0.15, -0.1) is 0 Å². The van der Waals surface area contributed by atoms with Crippen LogP contribution in [0.3, 0.4) is 0 Å². The van der Waals surface area contributed by atoms with Crippen molar-refractivity contribution in [2.45, 2.75) is 51.5 Å². The Bertz CT molecular complexity index is 1090. The Morgan fingerprint density at radius 3 is 2.83 bits per heavy atom. The van der Waals surface area contributed by atoms with Crippen LogP contribution < -0.4 is 16.0 Å². The topological polar surface area (TPSA) is 75.3 Å². The van der Waals surface area contributed by atoms with E-state index in [-0.39, 0.29) is 11.8 Å². The van der Waals surface area contributed by atoms with Crippen LogP contribution in [-0.2, 0) is 16.0 Å². The van der Waals surface area contributed by atoms with Gasteiger partial charge >= 0.3 is 0 Å². The molecular formula is C29H37ClN4O2. The van der Waals surface area contributed by atoms with Gasteiger partial charge in [-0.1, -0.05) is 42.8 Å². The Hall–Kier alpha value is -2.41. The van der Waals surface area contributed by atoms with Crippen LogP contribution in [-0.4, -0.2) is 43.2 Å². The molecule has 0 saturated carbocycles. The van der Waals surface area contributed by atoms with Crippen molar-refractivity contribution in [1.82, 2.24) is 10.3 Å². The molecule has 1 aromatic carbocycles. The highest BCUT2D eigenvalue weighted by Gasteiger charge is 2.31. The van der Waals surface area contributed by atoms with Crippen LogP contribution in [0, 0.1) is 17.8 Å². The van der Waals surface area contributed by atoms with Crippen molar-refractivity contribution in [2.24, 2.45) is 17.8 Å². The molecule has 36 heavy (non-hydrogen) atoms. The standard InChI is InChI=1S/C29H37ClN4O2/c1-2-22-23(9-4-10-27(22)31-15-19-6-5-13-36-18-19)24-14-28(33-17-25(24)30)34-29(35)21-11-12-26(32-16-21)20-7-3-8-20/h3-4,7,9-10,14,17,19-21,26,31-32H,2,5-6,8,11-13,15-16,18H2,1H3,(H,33,34,35). The van der Waals surface area contributed by atoms with E-state index in [1.807, 2.05) is 6.07 Å². The molecule has 2 saturated heterocycles. The first-order valence-electron chi connectivity index (χ1n) is 13.4. The first-order chi connectivity index (χ1) is 17.6. The minimum Gasteiger partial charge on any atom is -0.384 e. The van der Waals surface area contributed by atoms with Crippen molar-refractivity contribution in [3.05, 3.63) is 53.2 Å². The first-order valence-corrected chi connectivity index (χ1v) is 13.8. The van der Waals surface area contributed by atoms with Gasteiger partial charge in [-0.05, 0) is 73.6 Å². The Morgan fingerprint density at radius 1 is 1.25 bits per heavy atom. The number of carbonyl (C=O) groups excluding carboxylic acids is 1. The number of hydrogen-bond donors (Lipinski definition) is 3. The summed E-state index contributed by atoms with van der Waals surface area (Å²) >= 11 is 6.63. The molecule has 0 bridgehead atoms.